The van der Waals surface area contributed by atoms with E-state index < -0.39 is 0 Å². The number of carbonyl (C=O) groups excluding carboxylic acids is 1. The molecular weight excluding hydrogens is 300 g/mol. The molecule has 24 heavy (non-hydrogen) atoms. The number of carbonyl (C=O) groups is 1. The normalized spacial score (nSPS) is 11.5. The molecule has 0 aliphatic rings. The molecule has 0 saturated heterocycles. The van der Waals surface area contributed by atoms with Gasteiger partial charge in [-0.1, -0.05) is 45.0 Å². The molecule has 0 radical (unpaired) electrons. The monoisotopic (exact) mass is 324 g/mol. The van der Waals surface area contributed by atoms with Crippen molar-refractivity contribution in [1.82, 2.24) is 5.43 Å². The Morgan fingerprint density at radius 2 is 1.71 bits per heavy atom. The molecule has 2 aromatic carbocycles. The van der Waals surface area contributed by atoms with Crippen molar-refractivity contribution in [1.29, 1.82) is 0 Å². The molecule has 0 saturated carbocycles. The zero-order valence-corrected chi connectivity index (χ0v) is 14.7. The minimum Gasteiger partial charge on any atom is -0.494 e. The average Bonchev–Trinajstić information content (AvgIpc) is 2.55. The van der Waals surface area contributed by atoms with Crippen molar-refractivity contribution in [3.63, 3.8) is 0 Å². The van der Waals surface area contributed by atoms with E-state index in [0.29, 0.717) is 12.2 Å². The van der Waals surface area contributed by atoms with Gasteiger partial charge in [-0.25, -0.2) is 5.43 Å². The molecule has 0 aromatic heterocycles. The van der Waals surface area contributed by atoms with E-state index in [4.69, 9.17) is 4.74 Å². The molecule has 1 amide bonds. The average molecular weight is 324 g/mol. The van der Waals surface area contributed by atoms with E-state index in [-0.39, 0.29) is 11.3 Å². The summed E-state index contributed by atoms with van der Waals surface area (Å²) in [6.07, 6.45) is 1.64. The Balaban J connectivity index is 1.94. The summed E-state index contributed by atoms with van der Waals surface area (Å²) >= 11 is 0. The zero-order valence-electron chi connectivity index (χ0n) is 14.7. The van der Waals surface area contributed by atoms with Crippen molar-refractivity contribution in [2.75, 3.05) is 6.61 Å². The maximum Gasteiger partial charge on any atom is 0.271 e. The van der Waals surface area contributed by atoms with Gasteiger partial charge in [0.2, 0.25) is 0 Å². The van der Waals surface area contributed by atoms with E-state index in [2.05, 4.69) is 43.4 Å². The molecule has 0 bridgehead atoms. The predicted molar refractivity (Wildman–Crippen MR) is 97.8 cm³/mol. The molecule has 0 fully saturated rings. The van der Waals surface area contributed by atoms with E-state index >= 15 is 0 Å². The van der Waals surface area contributed by atoms with E-state index in [9.17, 15) is 4.79 Å². The van der Waals surface area contributed by atoms with Crippen LogP contribution in [-0.4, -0.2) is 18.7 Å². The summed E-state index contributed by atoms with van der Waals surface area (Å²) in [7, 11) is 0. The number of hydrogen-bond donors (Lipinski definition) is 1. The molecule has 0 heterocycles. The second kappa shape index (κ2) is 7.77. The highest BCUT2D eigenvalue weighted by atomic mass is 16.5. The number of amides is 1. The van der Waals surface area contributed by atoms with Crippen LogP contribution in [0.5, 0.6) is 5.75 Å². The summed E-state index contributed by atoms with van der Waals surface area (Å²) in [6, 6.07) is 15.1. The highest BCUT2D eigenvalue weighted by Crippen LogP contribution is 2.21. The third kappa shape index (κ3) is 4.95. The summed E-state index contributed by atoms with van der Waals surface area (Å²) in [5.41, 5.74) is 5.40. The third-order valence-electron chi connectivity index (χ3n) is 3.58. The minimum atomic E-state index is -0.249. The van der Waals surface area contributed by atoms with Gasteiger partial charge in [-0.3, -0.25) is 4.79 Å². The Morgan fingerprint density at radius 1 is 1.08 bits per heavy atom. The maximum absolute atomic E-state index is 12.0. The van der Waals surface area contributed by atoms with Crippen molar-refractivity contribution >= 4 is 12.1 Å². The van der Waals surface area contributed by atoms with Crippen LogP contribution in [0.4, 0.5) is 0 Å². The first kappa shape index (κ1) is 17.7. The summed E-state index contributed by atoms with van der Waals surface area (Å²) in [5.74, 6) is 0.497. The Morgan fingerprint density at radius 3 is 2.25 bits per heavy atom. The summed E-state index contributed by atoms with van der Waals surface area (Å²) in [4.78, 5) is 12.0. The largest absolute Gasteiger partial charge is 0.494 e. The first-order chi connectivity index (χ1) is 11.4. The van der Waals surface area contributed by atoms with Crippen LogP contribution in [0.1, 0.15) is 49.2 Å². The van der Waals surface area contributed by atoms with Crippen LogP contribution in [0.15, 0.2) is 53.6 Å². The quantitative estimate of drug-likeness (QED) is 0.663. The Labute approximate surface area is 143 Å². The molecule has 126 valence electrons. The number of benzene rings is 2. The lowest BCUT2D eigenvalue weighted by Crippen LogP contribution is -2.17. The predicted octanol–water partition coefficient (Wildman–Crippen LogP) is 4.15. The van der Waals surface area contributed by atoms with Crippen LogP contribution in [0, 0.1) is 0 Å². The van der Waals surface area contributed by atoms with Gasteiger partial charge in [0.05, 0.1) is 12.8 Å². The third-order valence-corrected chi connectivity index (χ3v) is 3.58. The van der Waals surface area contributed by atoms with Crippen molar-refractivity contribution in [2.24, 2.45) is 5.10 Å². The van der Waals surface area contributed by atoms with Gasteiger partial charge in [-0.15, -0.1) is 0 Å². The van der Waals surface area contributed by atoms with Gasteiger partial charge in [0.1, 0.15) is 5.75 Å². The van der Waals surface area contributed by atoms with Crippen molar-refractivity contribution in [2.45, 2.75) is 33.1 Å². The summed E-state index contributed by atoms with van der Waals surface area (Å²) in [5, 5.41) is 4.01. The van der Waals surface area contributed by atoms with Gasteiger partial charge in [0.15, 0.2) is 0 Å². The summed E-state index contributed by atoms with van der Waals surface area (Å²) < 4.78 is 5.35. The highest BCUT2D eigenvalue weighted by Gasteiger charge is 2.12. The van der Waals surface area contributed by atoms with E-state index in [0.717, 1.165) is 11.3 Å². The van der Waals surface area contributed by atoms with Gasteiger partial charge in [0.25, 0.3) is 5.91 Å². The van der Waals surface area contributed by atoms with Gasteiger partial charge in [-0.05, 0) is 47.7 Å². The van der Waals surface area contributed by atoms with Gasteiger partial charge < -0.3 is 4.74 Å². The van der Waals surface area contributed by atoms with Crippen molar-refractivity contribution in [3.05, 3.63) is 65.2 Å². The van der Waals surface area contributed by atoms with Crippen molar-refractivity contribution in [3.8, 4) is 5.75 Å². The minimum absolute atomic E-state index is 0.123. The number of nitrogens with one attached hydrogen (secondary N) is 1. The topological polar surface area (TPSA) is 50.7 Å². The zero-order chi connectivity index (χ0) is 17.6. The molecule has 0 aliphatic heterocycles. The molecule has 0 atom stereocenters. The van der Waals surface area contributed by atoms with Gasteiger partial charge in [0, 0.05) is 5.56 Å². The van der Waals surface area contributed by atoms with Crippen LogP contribution in [0.2, 0.25) is 0 Å². The van der Waals surface area contributed by atoms with E-state index in [1.54, 1.807) is 30.5 Å². The maximum atomic E-state index is 12.0. The number of nitrogens with zero attached hydrogens (tertiary/aromatic N) is 1. The molecule has 4 heteroatoms. The lowest BCUT2D eigenvalue weighted by atomic mass is 9.87. The molecular formula is C20H24N2O2. The second-order valence-electron chi connectivity index (χ2n) is 6.53. The molecule has 2 aromatic rings. The number of ether oxygens (including phenoxy) is 1. The molecule has 0 unspecified atom stereocenters. The number of rotatable bonds is 5. The van der Waals surface area contributed by atoms with Crippen LogP contribution in [0.25, 0.3) is 0 Å². The second-order valence-corrected chi connectivity index (χ2v) is 6.53. The fraction of sp³-hybridized carbons (Fsp3) is 0.300. The van der Waals surface area contributed by atoms with Crippen LogP contribution in [-0.2, 0) is 5.41 Å². The SMILES string of the molecule is CCOc1ccc(C(=O)N/N=C/c2ccc(C(C)(C)C)cc2)cc1. The van der Waals surface area contributed by atoms with E-state index in [1.807, 2.05) is 19.1 Å². The highest BCUT2D eigenvalue weighted by molar-refractivity contribution is 5.95. The number of hydrazone groups is 1. The standard InChI is InChI=1S/C20H24N2O2/c1-5-24-18-12-8-16(9-13-18)19(23)22-21-14-15-6-10-17(11-7-15)20(2,3)4/h6-14H,5H2,1-4H3,(H,22,23)/b21-14+. The number of hydrogen-bond acceptors (Lipinski definition) is 3. The fourth-order valence-electron chi connectivity index (χ4n) is 2.17. The summed E-state index contributed by atoms with van der Waals surface area (Å²) in [6.45, 7) is 9.04. The van der Waals surface area contributed by atoms with Crippen LogP contribution < -0.4 is 10.2 Å². The molecule has 4 nitrogen and oxygen atoms in total. The molecule has 0 aliphatic carbocycles. The lowest BCUT2D eigenvalue weighted by molar-refractivity contribution is 0.0955. The van der Waals surface area contributed by atoms with Gasteiger partial charge in [-0.2, -0.15) is 5.10 Å². The molecule has 1 N–H and O–H groups in total. The molecule has 2 rings (SSSR count). The first-order valence-electron chi connectivity index (χ1n) is 8.07. The van der Waals surface area contributed by atoms with Crippen LogP contribution in [0.3, 0.4) is 0 Å². The van der Waals surface area contributed by atoms with Crippen molar-refractivity contribution < 1.29 is 9.53 Å². The smallest absolute Gasteiger partial charge is 0.271 e. The lowest BCUT2D eigenvalue weighted by Gasteiger charge is -2.18. The Kier molecular flexibility index (Phi) is 5.74. The van der Waals surface area contributed by atoms with Crippen LogP contribution >= 0.6 is 0 Å². The van der Waals surface area contributed by atoms with Gasteiger partial charge >= 0.3 is 0 Å². The Bertz CT molecular complexity index is 696. The van der Waals surface area contributed by atoms with E-state index in [1.165, 1.54) is 5.56 Å². The molecule has 0 spiro atoms. The first-order valence-corrected chi connectivity index (χ1v) is 8.07. The Hall–Kier alpha value is -2.62. The fourth-order valence-corrected chi connectivity index (χ4v) is 2.17.